The Hall–Kier alpha value is -0.870. The van der Waals surface area contributed by atoms with Gasteiger partial charge >= 0.3 is 0 Å². The predicted octanol–water partition coefficient (Wildman–Crippen LogP) is 3.36. The van der Waals surface area contributed by atoms with Crippen molar-refractivity contribution in [1.29, 1.82) is 0 Å². The molecule has 2 rings (SSSR count). The van der Waals surface area contributed by atoms with Crippen molar-refractivity contribution in [3.63, 3.8) is 0 Å². The maximum absolute atomic E-state index is 12.6. The molecule has 0 aliphatic heterocycles. The van der Waals surface area contributed by atoms with Crippen molar-refractivity contribution in [2.45, 2.75) is 44.7 Å². The quantitative estimate of drug-likeness (QED) is 0.916. The van der Waals surface area contributed by atoms with E-state index >= 15 is 0 Å². The van der Waals surface area contributed by atoms with E-state index < -0.39 is 0 Å². The SMILES string of the molecule is CNC1CCC(N(C)C(=O)c2cc(C)ccc2Br)CC1. The van der Waals surface area contributed by atoms with Crippen molar-refractivity contribution in [3.05, 3.63) is 33.8 Å². The number of hydrogen-bond donors (Lipinski definition) is 1. The van der Waals surface area contributed by atoms with Gasteiger partial charge in [0.1, 0.15) is 0 Å². The normalized spacial score (nSPS) is 22.6. The maximum atomic E-state index is 12.6. The third-order valence-corrected chi connectivity index (χ3v) is 5.02. The van der Waals surface area contributed by atoms with Gasteiger partial charge in [0, 0.05) is 23.6 Å². The highest BCUT2D eigenvalue weighted by Gasteiger charge is 2.27. The van der Waals surface area contributed by atoms with Gasteiger partial charge in [-0.25, -0.2) is 0 Å². The highest BCUT2D eigenvalue weighted by atomic mass is 79.9. The Morgan fingerprint density at radius 3 is 2.55 bits per heavy atom. The molecule has 1 fully saturated rings. The number of rotatable bonds is 3. The summed E-state index contributed by atoms with van der Waals surface area (Å²) in [5, 5.41) is 3.33. The first-order valence-electron chi connectivity index (χ1n) is 7.23. The van der Waals surface area contributed by atoms with Gasteiger partial charge in [0.25, 0.3) is 5.91 Å². The van der Waals surface area contributed by atoms with Crippen LogP contribution in [0.5, 0.6) is 0 Å². The molecule has 1 aromatic carbocycles. The zero-order valence-corrected chi connectivity index (χ0v) is 14.0. The number of carbonyl (C=O) groups is 1. The summed E-state index contributed by atoms with van der Waals surface area (Å²) in [6.45, 7) is 2.02. The lowest BCUT2D eigenvalue weighted by molar-refractivity contribution is 0.0684. The van der Waals surface area contributed by atoms with Gasteiger partial charge in [-0.2, -0.15) is 0 Å². The monoisotopic (exact) mass is 338 g/mol. The van der Waals surface area contributed by atoms with Gasteiger partial charge in [0.2, 0.25) is 0 Å². The van der Waals surface area contributed by atoms with Crippen LogP contribution in [0, 0.1) is 6.92 Å². The summed E-state index contributed by atoms with van der Waals surface area (Å²) in [5.41, 5.74) is 1.88. The molecule has 0 aromatic heterocycles. The van der Waals surface area contributed by atoms with Gasteiger partial charge < -0.3 is 10.2 Å². The predicted molar refractivity (Wildman–Crippen MR) is 86.1 cm³/mol. The molecular weight excluding hydrogens is 316 g/mol. The number of halogens is 1. The lowest BCUT2D eigenvalue weighted by Crippen LogP contribution is -2.42. The third-order valence-electron chi connectivity index (χ3n) is 4.33. The van der Waals surface area contributed by atoms with Crippen LogP contribution in [0.15, 0.2) is 22.7 Å². The van der Waals surface area contributed by atoms with Crippen molar-refractivity contribution in [2.24, 2.45) is 0 Å². The maximum Gasteiger partial charge on any atom is 0.254 e. The van der Waals surface area contributed by atoms with Crippen LogP contribution in [0.2, 0.25) is 0 Å². The summed E-state index contributed by atoms with van der Waals surface area (Å²) in [6, 6.07) is 6.90. The Morgan fingerprint density at radius 2 is 1.95 bits per heavy atom. The van der Waals surface area contributed by atoms with Crippen molar-refractivity contribution >= 4 is 21.8 Å². The number of nitrogens with one attached hydrogen (secondary N) is 1. The van der Waals surface area contributed by atoms with E-state index in [1.165, 1.54) is 0 Å². The van der Waals surface area contributed by atoms with Crippen LogP contribution in [0.4, 0.5) is 0 Å². The Labute approximate surface area is 129 Å². The molecule has 1 saturated carbocycles. The van der Waals surface area contributed by atoms with Crippen molar-refractivity contribution in [1.82, 2.24) is 10.2 Å². The first-order chi connectivity index (χ1) is 9.52. The van der Waals surface area contributed by atoms with E-state index in [2.05, 4.69) is 21.2 Å². The van der Waals surface area contributed by atoms with Crippen LogP contribution in [0.25, 0.3) is 0 Å². The Morgan fingerprint density at radius 1 is 1.30 bits per heavy atom. The van der Waals surface area contributed by atoms with E-state index in [1.54, 1.807) is 0 Å². The van der Waals surface area contributed by atoms with E-state index in [1.807, 2.05) is 44.1 Å². The Bertz CT molecular complexity index is 481. The second-order valence-corrected chi connectivity index (χ2v) is 6.55. The molecular formula is C16H23BrN2O. The number of aryl methyl sites for hydroxylation is 1. The first-order valence-corrected chi connectivity index (χ1v) is 8.02. The van der Waals surface area contributed by atoms with Crippen LogP contribution in [-0.2, 0) is 0 Å². The summed E-state index contributed by atoms with van der Waals surface area (Å²) >= 11 is 3.49. The summed E-state index contributed by atoms with van der Waals surface area (Å²) in [5.74, 6) is 0.119. The molecule has 0 atom stereocenters. The van der Waals surface area contributed by atoms with Gasteiger partial charge in [-0.05, 0) is 67.7 Å². The summed E-state index contributed by atoms with van der Waals surface area (Å²) < 4.78 is 0.879. The fourth-order valence-corrected chi connectivity index (χ4v) is 3.33. The fraction of sp³-hybridized carbons (Fsp3) is 0.562. The zero-order chi connectivity index (χ0) is 14.7. The molecule has 0 unspecified atom stereocenters. The lowest BCUT2D eigenvalue weighted by atomic mass is 9.90. The number of benzene rings is 1. The van der Waals surface area contributed by atoms with Crippen LogP contribution in [-0.4, -0.2) is 37.0 Å². The van der Waals surface area contributed by atoms with Gasteiger partial charge in [0.05, 0.1) is 5.56 Å². The molecule has 1 aliphatic carbocycles. The van der Waals surface area contributed by atoms with Crippen LogP contribution < -0.4 is 5.32 Å². The molecule has 3 nitrogen and oxygen atoms in total. The molecule has 0 spiro atoms. The van der Waals surface area contributed by atoms with Crippen LogP contribution in [0.1, 0.15) is 41.6 Å². The number of carbonyl (C=O) groups excluding carboxylic acids is 1. The first kappa shape index (κ1) is 15.5. The minimum atomic E-state index is 0.119. The molecule has 4 heteroatoms. The van der Waals surface area contributed by atoms with Crippen molar-refractivity contribution in [2.75, 3.05) is 14.1 Å². The van der Waals surface area contributed by atoms with E-state index in [0.29, 0.717) is 12.1 Å². The molecule has 1 aromatic rings. The van der Waals surface area contributed by atoms with Gasteiger partial charge in [-0.3, -0.25) is 4.79 Å². The van der Waals surface area contributed by atoms with E-state index in [9.17, 15) is 4.79 Å². The average Bonchev–Trinajstić information content (AvgIpc) is 2.48. The largest absolute Gasteiger partial charge is 0.339 e. The van der Waals surface area contributed by atoms with E-state index in [-0.39, 0.29) is 5.91 Å². The van der Waals surface area contributed by atoms with E-state index in [0.717, 1.165) is 41.3 Å². The van der Waals surface area contributed by atoms with Gasteiger partial charge in [-0.1, -0.05) is 11.6 Å². The van der Waals surface area contributed by atoms with Crippen molar-refractivity contribution < 1.29 is 4.79 Å². The van der Waals surface area contributed by atoms with Crippen LogP contribution in [0.3, 0.4) is 0 Å². The molecule has 0 bridgehead atoms. The van der Waals surface area contributed by atoms with E-state index in [4.69, 9.17) is 0 Å². The lowest BCUT2D eigenvalue weighted by Gasteiger charge is -2.34. The molecule has 0 radical (unpaired) electrons. The number of nitrogens with zero attached hydrogens (tertiary/aromatic N) is 1. The van der Waals surface area contributed by atoms with Crippen LogP contribution >= 0.6 is 15.9 Å². The Kier molecular flexibility index (Phi) is 5.22. The second-order valence-electron chi connectivity index (χ2n) is 5.69. The number of amides is 1. The molecule has 1 amide bonds. The fourth-order valence-electron chi connectivity index (χ4n) is 2.91. The van der Waals surface area contributed by atoms with Gasteiger partial charge in [0.15, 0.2) is 0 Å². The van der Waals surface area contributed by atoms with Crippen molar-refractivity contribution in [3.8, 4) is 0 Å². The molecule has 1 aliphatic rings. The molecule has 110 valence electrons. The standard InChI is InChI=1S/C16H23BrN2O/c1-11-4-9-15(17)14(10-11)16(20)19(3)13-7-5-12(18-2)6-8-13/h4,9-10,12-13,18H,5-8H2,1-3H3. The number of hydrogen-bond acceptors (Lipinski definition) is 2. The Balaban J connectivity index is 2.07. The highest BCUT2D eigenvalue weighted by molar-refractivity contribution is 9.10. The summed E-state index contributed by atoms with van der Waals surface area (Å²) in [7, 11) is 3.95. The average molecular weight is 339 g/mol. The summed E-state index contributed by atoms with van der Waals surface area (Å²) in [4.78, 5) is 14.6. The molecule has 20 heavy (non-hydrogen) atoms. The minimum Gasteiger partial charge on any atom is -0.339 e. The molecule has 0 heterocycles. The second kappa shape index (κ2) is 6.72. The highest BCUT2D eigenvalue weighted by Crippen LogP contribution is 2.25. The topological polar surface area (TPSA) is 32.3 Å². The smallest absolute Gasteiger partial charge is 0.254 e. The third kappa shape index (κ3) is 3.41. The minimum absolute atomic E-state index is 0.119. The van der Waals surface area contributed by atoms with Gasteiger partial charge in [-0.15, -0.1) is 0 Å². The molecule has 1 N–H and O–H groups in total. The molecule has 0 saturated heterocycles. The summed E-state index contributed by atoms with van der Waals surface area (Å²) in [6.07, 6.45) is 4.45. The zero-order valence-electron chi connectivity index (χ0n) is 12.4.